The molecule has 2 heteroatoms. The molecule has 3 rings (SSSR count). The van der Waals surface area contributed by atoms with Crippen LogP contribution in [0.15, 0.2) is 18.2 Å². The second-order valence-electron chi connectivity index (χ2n) is 5.63. The molecule has 0 bridgehead atoms. The van der Waals surface area contributed by atoms with Crippen molar-refractivity contribution in [2.75, 3.05) is 12.3 Å². The third-order valence-electron chi connectivity index (χ3n) is 4.42. The van der Waals surface area contributed by atoms with E-state index in [0.717, 1.165) is 17.6 Å². The molecule has 2 aliphatic rings. The molecular weight excluding hydrogens is 208 g/mol. The molecule has 3 N–H and O–H groups in total. The van der Waals surface area contributed by atoms with Gasteiger partial charge in [-0.2, -0.15) is 0 Å². The Morgan fingerprint density at radius 1 is 1.24 bits per heavy atom. The van der Waals surface area contributed by atoms with Crippen molar-refractivity contribution in [3.8, 4) is 0 Å². The number of nitrogen functional groups attached to an aromatic ring is 1. The third kappa shape index (κ3) is 2.32. The van der Waals surface area contributed by atoms with Crippen molar-refractivity contribution in [2.24, 2.45) is 5.92 Å². The lowest BCUT2D eigenvalue weighted by atomic mass is 9.82. The first-order chi connectivity index (χ1) is 8.33. The zero-order valence-corrected chi connectivity index (χ0v) is 10.4. The van der Waals surface area contributed by atoms with Crippen LogP contribution in [0.1, 0.15) is 36.8 Å². The molecule has 2 aliphatic carbocycles. The maximum absolute atomic E-state index is 6.02. The summed E-state index contributed by atoms with van der Waals surface area (Å²) >= 11 is 0. The van der Waals surface area contributed by atoms with Crippen LogP contribution in [0.3, 0.4) is 0 Å². The van der Waals surface area contributed by atoms with E-state index in [1.54, 1.807) is 0 Å². The topological polar surface area (TPSA) is 38.0 Å². The Bertz CT molecular complexity index is 396. The van der Waals surface area contributed by atoms with E-state index < -0.39 is 0 Å². The van der Waals surface area contributed by atoms with Gasteiger partial charge >= 0.3 is 0 Å². The normalized spacial score (nSPS) is 24.1. The highest BCUT2D eigenvalue weighted by Crippen LogP contribution is 2.29. The molecule has 0 radical (unpaired) electrons. The summed E-state index contributed by atoms with van der Waals surface area (Å²) in [7, 11) is 0. The molecule has 92 valence electrons. The van der Waals surface area contributed by atoms with Crippen LogP contribution in [-0.2, 0) is 12.8 Å². The maximum Gasteiger partial charge on any atom is 0.0349 e. The third-order valence-corrected chi connectivity index (χ3v) is 4.42. The van der Waals surface area contributed by atoms with Crippen molar-refractivity contribution >= 4 is 5.69 Å². The second-order valence-corrected chi connectivity index (χ2v) is 5.63. The predicted molar refractivity (Wildman–Crippen MR) is 72.0 cm³/mol. The molecule has 1 aromatic carbocycles. The maximum atomic E-state index is 6.02. The fourth-order valence-corrected chi connectivity index (χ4v) is 3.03. The molecule has 0 heterocycles. The van der Waals surface area contributed by atoms with Gasteiger partial charge in [-0.05, 0) is 61.8 Å². The molecule has 2 nitrogen and oxygen atoms in total. The number of rotatable bonds is 3. The minimum atomic E-state index is 0.810. The van der Waals surface area contributed by atoms with E-state index in [1.165, 1.54) is 56.2 Å². The Hall–Kier alpha value is -1.02. The number of fused-ring (bicyclic) bond motifs is 1. The quantitative estimate of drug-likeness (QED) is 0.783. The SMILES string of the molecule is Nc1cccc2c1CCC(CNC1CCC1)C2. The summed E-state index contributed by atoms with van der Waals surface area (Å²) in [6.45, 7) is 1.19. The average molecular weight is 230 g/mol. The lowest BCUT2D eigenvalue weighted by Crippen LogP contribution is -2.39. The Kier molecular flexibility index (Phi) is 3.06. The van der Waals surface area contributed by atoms with Gasteiger partial charge in [-0.15, -0.1) is 0 Å². The molecule has 1 unspecified atom stereocenters. The number of nitrogens with one attached hydrogen (secondary N) is 1. The Labute approximate surface area is 104 Å². The van der Waals surface area contributed by atoms with Crippen LogP contribution < -0.4 is 11.1 Å². The summed E-state index contributed by atoms with van der Waals surface area (Å²) in [5.41, 5.74) is 9.91. The second kappa shape index (κ2) is 4.69. The lowest BCUT2D eigenvalue weighted by Gasteiger charge is -2.31. The highest BCUT2D eigenvalue weighted by atomic mass is 14.9. The first-order valence-electron chi connectivity index (χ1n) is 6.92. The minimum Gasteiger partial charge on any atom is -0.398 e. The number of anilines is 1. The van der Waals surface area contributed by atoms with Gasteiger partial charge in [0.15, 0.2) is 0 Å². The van der Waals surface area contributed by atoms with Crippen molar-refractivity contribution in [3.63, 3.8) is 0 Å². The van der Waals surface area contributed by atoms with E-state index >= 15 is 0 Å². The molecule has 1 aromatic rings. The summed E-state index contributed by atoms with van der Waals surface area (Å²) in [4.78, 5) is 0. The van der Waals surface area contributed by atoms with Crippen LogP contribution in [0.5, 0.6) is 0 Å². The van der Waals surface area contributed by atoms with E-state index in [-0.39, 0.29) is 0 Å². The Morgan fingerprint density at radius 3 is 2.88 bits per heavy atom. The largest absolute Gasteiger partial charge is 0.398 e. The summed E-state index contributed by atoms with van der Waals surface area (Å²) in [6.07, 6.45) is 7.86. The monoisotopic (exact) mass is 230 g/mol. The average Bonchev–Trinajstić information content (AvgIpc) is 2.27. The molecule has 0 aliphatic heterocycles. The molecule has 0 saturated heterocycles. The summed E-state index contributed by atoms with van der Waals surface area (Å²) in [6, 6.07) is 7.19. The van der Waals surface area contributed by atoms with E-state index in [1.807, 2.05) is 6.07 Å². The molecule has 0 spiro atoms. The Balaban J connectivity index is 1.60. The molecule has 0 aromatic heterocycles. The number of hydrogen-bond donors (Lipinski definition) is 2. The van der Waals surface area contributed by atoms with Crippen molar-refractivity contribution < 1.29 is 0 Å². The summed E-state index contributed by atoms with van der Waals surface area (Å²) in [5.74, 6) is 0.810. The van der Waals surface area contributed by atoms with Gasteiger partial charge in [0, 0.05) is 11.7 Å². The summed E-state index contributed by atoms with van der Waals surface area (Å²) < 4.78 is 0. The predicted octanol–water partition coefficient (Wildman–Crippen LogP) is 2.52. The smallest absolute Gasteiger partial charge is 0.0349 e. The summed E-state index contributed by atoms with van der Waals surface area (Å²) in [5, 5.41) is 3.70. The fraction of sp³-hybridized carbons (Fsp3) is 0.600. The number of benzene rings is 1. The first kappa shape index (κ1) is 11.1. The molecule has 17 heavy (non-hydrogen) atoms. The van der Waals surface area contributed by atoms with Gasteiger partial charge in [0.05, 0.1) is 0 Å². The van der Waals surface area contributed by atoms with Crippen LogP contribution >= 0.6 is 0 Å². The molecule has 1 atom stereocenters. The van der Waals surface area contributed by atoms with Crippen LogP contribution in [0.4, 0.5) is 5.69 Å². The van der Waals surface area contributed by atoms with E-state index in [9.17, 15) is 0 Å². The molecule has 1 fully saturated rings. The minimum absolute atomic E-state index is 0.810. The van der Waals surface area contributed by atoms with Gasteiger partial charge < -0.3 is 11.1 Å². The van der Waals surface area contributed by atoms with Crippen molar-refractivity contribution in [1.29, 1.82) is 0 Å². The van der Waals surface area contributed by atoms with Crippen LogP contribution in [0, 0.1) is 5.92 Å². The van der Waals surface area contributed by atoms with Gasteiger partial charge in [0.2, 0.25) is 0 Å². The van der Waals surface area contributed by atoms with Gasteiger partial charge in [-0.3, -0.25) is 0 Å². The zero-order valence-electron chi connectivity index (χ0n) is 10.4. The van der Waals surface area contributed by atoms with Gasteiger partial charge in [-0.1, -0.05) is 18.6 Å². The van der Waals surface area contributed by atoms with Crippen molar-refractivity contribution in [1.82, 2.24) is 5.32 Å². The van der Waals surface area contributed by atoms with Crippen LogP contribution in [0.2, 0.25) is 0 Å². The van der Waals surface area contributed by atoms with Crippen molar-refractivity contribution in [3.05, 3.63) is 29.3 Å². The number of nitrogens with two attached hydrogens (primary N) is 1. The van der Waals surface area contributed by atoms with Crippen LogP contribution in [-0.4, -0.2) is 12.6 Å². The van der Waals surface area contributed by atoms with Crippen molar-refractivity contribution in [2.45, 2.75) is 44.6 Å². The van der Waals surface area contributed by atoms with E-state index in [4.69, 9.17) is 5.73 Å². The molecule has 0 amide bonds. The molecular formula is C15H22N2. The van der Waals surface area contributed by atoms with E-state index in [2.05, 4.69) is 17.4 Å². The molecule has 1 saturated carbocycles. The highest BCUT2D eigenvalue weighted by Gasteiger charge is 2.22. The van der Waals surface area contributed by atoms with Crippen LogP contribution in [0.25, 0.3) is 0 Å². The van der Waals surface area contributed by atoms with Gasteiger partial charge in [0.25, 0.3) is 0 Å². The highest BCUT2D eigenvalue weighted by molar-refractivity contribution is 5.52. The van der Waals surface area contributed by atoms with Gasteiger partial charge in [-0.25, -0.2) is 0 Å². The first-order valence-corrected chi connectivity index (χ1v) is 6.92. The lowest BCUT2D eigenvalue weighted by molar-refractivity contribution is 0.306. The fourth-order valence-electron chi connectivity index (χ4n) is 3.03. The standard InChI is InChI=1S/C15H22N2/c16-15-6-1-3-12-9-11(7-8-14(12)15)10-17-13-4-2-5-13/h1,3,6,11,13,17H,2,4-5,7-10,16H2. The zero-order chi connectivity index (χ0) is 11.7. The van der Waals surface area contributed by atoms with Gasteiger partial charge in [0.1, 0.15) is 0 Å². The number of hydrogen-bond acceptors (Lipinski definition) is 2. The Morgan fingerprint density at radius 2 is 2.12 bits per heavy atom. The van der Waals surface area contributed by atoms with E-state index in [0.29, 0.717) is 0 Å².